The molecule has 0 saturated heterocycles. The SMILES string of the molecule is CC(=O)NC1(C(=O)Nc2ccc(Cl)c(C(N)=O)c2)CCCCC1. The van der Waals surface area contributed by atoms with Gasteiger partial charge in [0.15, 0.2) is 0 Å². The number of carbonyl (C=O) groups is 3. The van der Waals surface area contributed by atoms with Crippen LogP contribution in [0.3, 0.4) is 0 Å². The Labute approximate surface area is 139 Å². The van der Waals surface area contributed by atoms with Crippen LogP contribution in [0.2, 0.25) is 5.02 Å². The number of halogens is 1. The van der Waals surface area contributed by atoms with Crippen LogP contribution in [0.1, 0.15) is 49.4 Å². The molecular weight excluding hydrogens is 318 g/mol. The van der Waals surface area contributed by atoms with Gasteiger partial charge in [-0.1, -0.05) is 30.9 Å². The van der Waals surface area contributed by atoms with E-state index in [0.29, 0.717) is 18.5 Å². The summed E-state index contributed by atoms with van der Waals surface area (Å²) >= 11 is 5.90. The molecule has 4 N–H and O–H groups in total. The van der Waals surface area contributed by atoms with Crippen LogP contribution in [0.5, 0.6) is 0 Å². The minimum Gasteiger partial charge on any atom is -0.366 e. The molecule has 0 bridgehead atoms. The normalized spacial score (nSPS) is 16.4. The van der Waals surface area contributed by atoms with E-state index in [1.807, 2.05) is 0 Å². The van der Waals surface area contributed by atoms with E-state index in [-0.39, 0.29) is 22.4 Å². The first-order valence-electron chi connectivity index (χ1n) is 7.54. The molecule has 0 aromatic heterocycles. The lowest BCUT2D eigenvalue weighted by atomic mass is 9.80. The van der Waals surface area contributed by atoms with Gasteiger partial charge in [0, 0.05) is 12.6 Å². The maximum absolute atomic E-state index is 12.7. The van der Waals surface area contributed by atoms with Gasteiger partial charge in [0.2, 0.25) is 17.7 Å². The van der Waals surface area contributed by atoms with Crippen molar-refractivity contribution in [2.24, 2.45) is 5.73 Å². The minimum atomic E-state index is -0.906. The number of anilines is 1. The summed E-state index contributed by atoms with van der Waals surface area (Å²) in [6.07, 6.45) is 3.98. The average Bonchev–Trinajstić information content (AvgIpc) is 2.49. The molecule has 1 aromatic carbocycles. The largest absolute Gasteiger partial charge is 0.366 e. The van der Waals surface area contributed by atoms with E-state index in [1.165, 1.54) is 19.1 Å². The quantitative estimate of drug-likeness (QED) is 0.785. The van der Waals surface area contributed by atoms with Crippen molar-refractivity contribution in [3.8, 4) is 0 Å². The molecule has 0 heterocycles. The Hall–Kier alpha value is -2.08. The van der Waals surface area contributed by atoms with Gasteiger partial charge in [-0.25, -0.2) is 0 Å². The third kappa shape index (κ3) is 4.01. The van der Waals surface area contributed by atoms with Gasteiger partial charge >= 0.3 is 0 Å². The Kier molecular flexibility index (Phi) is 5.26. The lowest BCUT2D eigenvalue weighted by Crippen LogP contribution is -2.57. The van der Waals surface area contributed by atoms with Gasteiger partial charge in [-0.15, -0.1) is 0 Å². The van der Waals surface area contributed by atoms with E-state index in [1.54, 1.807) is 6.07 Å². The van der Waals surface area contributed by atoms with Crippen molar-refractivity contribution in [2.45, 2.75) is 44.6 Å². The molecule has 124 valence electrons. The predicted octanol–water partition coefficient (Wildman–Crippen LogP) is 2.22. The topological polar surface area (TPSA) is 101 Å². The molecule has 1 saturated carbocycles. The van der Waals surface area contributed by atoms with Gasteiger partial charge in [-0.3, -0.25) is 14.4 Å². The van der Waals surface area contributed by atoms with Crippen LogP contribution >= 0.6 is 11.6 Å². The Morgan fingerprint density at radius 3 is 2.39 bits per heavy atom. The van der Waals surface area contributed by atoms with E-state index < -0.39 is 11.4 Å². The Morgan fingerprint density at radius 1 is 1.17 bits per heavy atom. The van der Waals surface area contributed by atoms with Crippen LogP contribution in [0.25, 0.3) is 0 Å². The summed E-state index contributed by atoms with van der Waals surface area (Å²) < 4.78 is 0. The first kappa shape index (κ1) is 17.3. The van der Waals surface area contributed by atoms with Gasteiger partial charge < -0.3 is 16.4 Å². The summed E-state index contributed by atoms with van der Waals surface area (Å²) in [5.74, 6) is -1.19. The maximum atomic E-state index is 12.7. The van der Waals surface area contributed by atoms with Crippen molar-refractivity contribution in [2.75, 3.05) is 5.32 Å². The summed E-state index contributed by atoms with van der Waals surface area (Å²) in [6.45, 7) is 1.40. The van der Waals surface area contributed by atoms with E-state index in [2.05, 4.69) is 10.6 Å². The molecule has 0 spiro atoms. The molecule has 0 unspecified atom stereocenters. The Morgan fingerprint density at radius 2 is 1.83 bits per heavy atom. The number of hydrogen-bond acceptors (Lipinski definition) is 3. The molecular formula is C16H20ClN3O3. The maximum Gasteiger partial charge on any atom is 0.250 e. The number of nitrogens with one attached hydrogen (secondary N) is 2. The lowest BCUT2D eigenvalue weighted by Gasteiger charge is -2.36. The van der Waals surface area contributed by atoms with Crippen molar-refractivity contribution in [3.63, 3.8) is 0 Å². The highest BCUT2D eigenvalue weighted by Gasteiger charge is 2.40. The number of rotatable bonds is 4. The zero-order valence-corrected chi connectivity index (χ0v) is 13.7. The Bertz CT molecular complexity index is 639. The van der Waals surface area contributed by atoms with Crippen molar-refractivity contribution in [3.05, 3.63) is 28.8 Å². The molecule has 2 rings (SSSR count). The van der Waals surface area contributed by atoms with Crippen molar-refractivity contribution in [1.29, 1.82) is 0 Å². The molecule has 1 aliphatic rings. The van der Waals surface area contributed by atoms with E-state index >= 15 is 0 Å². The van der Waals surface area contributed by atoms with Gasteiger partial charge in [0.05, 0.1) is 10.6 Å². The molecule has 6 nitrogen and oxygen atoms in total. The van der Waals surface area contributed by atoms with Crippen LogP contribution in [0.15, 0.2) is 18.2 Å². The van der Waals surface area contributed by atoms with Crippen molar-refractivity contribution < 1.29 is 14.4 Å². The molecule has 0 radical (unpaired) electrons. The molecule has 0 aliphatic heterocycles. The standard InChI is InChI=1S/C16H20ClN3O3/c1-10(21)20-16(7-3-2-4-8-16)15(23)19-11-5-6-13(17)12(9-11)14(18)22/h5-6,9H,2-4,7-8H2,1H3,(H2,18,22)(H,19,23)(H,20,21). The number of nitrogens with two attached hydrogens (primary N) is 1. The van der Waals surface area contributed by atoms with Crippen LogP contribution < -0.4 is 16.4 Å². The number of benzene rings is 1. The molecule has 1 aromatic rings. The second kappa shape index (κ2) is 7.00. The van der Waals surface area contributed by atoms with Gasteiger partial charge in [-0.05, 0) is 31.0 Å². The van der Waals surface area contributed by atoms with Crippen LogP contribution in [0.4, 0.5) is 5.69 Å². The van der Waals surface area contributed by atoms with Gasteiger partial charge in [0.1, 0.15) is 5.54 Å². The van der Waals surface area contributed by atoms with E-state index in [0.717, 1.165) is 19.3 Å². The summed E-state index contributed by atoms with van der Waals surface area (Å²) in [4.78, 5) is 35.5. The smallest absolute Gasteiger partial charge is 0.250 e. The number of amides is 3. The zero-order chi connectivity index (χ0) is 17.0. The summed E-state index contributed by atoms with van der Waals surface area (Å²) in [6, 6.07) is 4.53. The predicted molar refractivity (Wildman–Crippen MR) is 88.2 cm³/mol. The lowest BCUT2D eigenvalue weighted by molar-refractivity contribution is -0.130. The van der Waals surface area contributed by atoms with Crippen molar-refractivity contribution in [1.82, 2.24) is 5.32 Å². The summed E-state index contributed by atoms with van der Waals surface area (Å²) in [5, 5.41) is 5.78. The molecule has 7 heteroatoms. The van der Waals surface area contributed by atoms with Crippen LogP contribution in [-0.2, 0) is 9.59 Å². The monoisotopic (exact) mass is 337 g/mol. The highest BCUT2D eigenvalue weighted by atomic mass is 35.5. The first-order chi connectivity index (χ1) is 10.8. The molecule has 1 fully saturated rings. The fourth-order valence-corrected chi connectivity index (χ4v) is 3.15. The third-order valence-electron chi connectivity index (χ3n) is 4.05. The second-order valence-electron chi connectivity index (χ2n) is 5.84. The van der Waals surface area contributed by atoms with E-state index in [9.17, 15) is 14.4 Å². The third-order valence-corrected chi connectivity index (χ3v) is 4.38. The summed E-state index contributed by atoms with van der Waals surface area (Å²) in [7, 11) is 0. The van der Waals surface area contributed by atoms with Crippen LogP contribution in [-0.4, -0.2) is 23.3 Å². The van der Waals surface area contributed by atoms with Crippen molar-refractivity contribution >= 4 is 35.0 Å². The Balaban J connectivity index is 2.23. The molecule has 0 atom stereocenters. The number of hydrogen-bond donors (Lipinski definition) is 3. The minimum absolute atomic E-state index is 0.140. The number of primary amides is 1. The van der Waals surface area contributed by atoms with E-state index in [4.69, 9.17) is 17.3 Å². The van der Waals surface area contributed by atoms with Crippen LogP contribution in [0, 0.1) is 0 Å². The van der Waals surface area contributed by atoms with Gasteiger partial charge in [0.25, 0.3) is 0 Å². The highest BCUT2D eigenvalue weighted by molar-refractivity contribution is 6.34. The second-order valence-corrected chi connectivity index (χ2v) is 6.24. The van der Waals surface area contributed by atoms with Gasteiger partial charge in [-0.2, -0.15) is 0 Å². The number of carbonyl (C=O) groups excluding carboxylic acids is 3. The highest BCUT2D eigenvalue weighted by Crippen LogP contribution is 2.30. The zero-order valence-electron chi connectivity index (χ0n) is 12.9. The first-order valence-corrected chi connectivity index (χ1v) is 7.91. The fraction of sp³-hybridized carbons (Fsp3) is 0.438. The summed E-state index contributed by atoms with van der Waals surface area (Å²) in [5.41, 5.74) is 4.91. The average molecular weight is 338 g/mol. The molecule has 23 heavy (non-hydrogen) atoms. The fourth-order valence-electron chi connectivity index (χ4n) is 2.94. The molecule has 3 amide bonds. The molecule has 1 aliphatic carbocycles.